The highest BCUT2D eigenvalue weighted by molar-refractivity contribution is 9.10. The van der Waals surface area contributed by atoms with Gasteiger partial charge in [0.05, 0.1) is 12.8 Å². The van der Waals surface area contributed by atoms with Crippen LogP contribution in [0.15, 0.2) is 58.4 Å². The van der Waals surface area contributed by atoms with Gasteiger partial charge in [-0.1, -0.05) is 28.1 Å². The van der Waals surface area contributed by atoms with Gasteiger partial charge in [-0.25, -0.2) is 4.98 Å². The highest BCUT2D eigenvalue weighted by Crippen LogP contribution is 2.28. The average molecular weight is 442 g/mol. The second-order valence-electron chi connectivity index (χ2n) is 4.40. The maximum Gasteiger partial charge on any atom is 0.187 e. The largest absolute Gasteiger partial charge is 0.497 e. The Morgan fingerprint density at radius 3 is 2.36 bits per heavy atom. The van der Waals surface area contributed by atoms with Crippen LogP contribution in [0.25, 0.3) is 11.3 Å². The standard InChI is InChI=1S/C16H13BrN2OS.BrH/c1-20-14-8-6-13(7-9-14)18-16-19-15(10-21-16)11-2-4-12(17)5-3-11;/h2-10H,1H3,(H,18,19);1H. The van der Waals surface area contributed by atoms with Crippen molar-refractivity contribution >= 4 is 55.1 Å². The van der Waals surface area contributed by atoms with Gasteiger partial charge in [-0.15, -0.1) is 28.3 Å². The Hall–Kier alpha value is -1.37. The first kappa shape index (κ1) is 17.0. The summed E-state index contributed by atoms with van der Waals surface area (Å²) in [5.41, 5.74) is 3.08. The normalized spacial score (nSPS) is 9.91. The van der Waals surface area contributed by atoms with Crippen LogP contribution in [0.3, 0.4) is 0 Å². The molecular formula is C16H14Br2N2OS. The number of methoxy groups -OCH3 is 1. The molecule has 3 nitrogen and oxygen atoms in total. The van der Waals surface area contributed by atoms with E-state index in [0.29, 0.717) is 0 Å². The molecule has 0 atom stereocenters. The molecule has 0 aliphatic rings. The van der Waals surface area contributed by atoms with Gasteiger partial charge in [-0.2, -0.15) is 0 Å². The van der Waals surface area contributed by atoms with E-state index in [0.717, 1.165) is 32.3 Å². The average Bonchev–Trinajstić information content (AvgIpc) is 2.97. The van der Waals surface area contributed by atoms with Crippen molar-refractivity contribution in [3.63, 3.8) is 0 Å². The van der Waals surface area contributed by atoms with Crippen LogP contribution in [0.2, 0.25) is 0 Å². The van der Waals surface area contributed by atoms with E-state index in [2.05, 4.69) is 43.7 Å². The van der Waals surface area contributed by atoms with E-state index in [1.807, 2.05) is 36.4 Å². The fraction of sp³-hybridized carbons (Fsp3) is 0.0625. The predicted octanol–water partition coefficient (Wildman–Crippen LogP) is 5.90. The van der Waals surface area contributed by atoms with Crippen molar-refractivity contribution in [3.8, 4) is 17.0 Å². The number of anilines is 2. The predicted molar refractivity (Wildman–Crippen MR) is 102 cm³/mol. The Morgan fingerprint density at radius 1 is 1.05 bits per heavy atom. The quantitative estimate of drug-likeness (QED) is 0.546. The van der Waals surface area contributed by atoms with Crippen LogP contribution in [-0.4, -0.2) is 12.1 Å². The van der Waals surface area contributed by atoms with Crippen molar-refractivity contribution in [1.82, 2.24) is 4.98 Å². The second kappa shape index (κ2) is 7.76. The molecule has 3 aromatic rings. The van der Waals surface area contributed by atoms with Crippen molar-refractivity contribution in [2.24, 2.45) is 0 Å². The Kier molecular flexibility index (Phi) is 5.99. The minimum absolute atomic E-state index is 0. The molecule has 0 aliphatic carbocycles. The molecule has 0 saturated carbocycles. The lowest BCUT2D eigenvalue weighted by Gasteiger charge is -2.04. The third kappa shape index (κ3) is 4.09. The monoisotopic (exact) mass is 440 g/mol. The third-order valence-corrected chi connectivity index (χ3v) is 4.27. The highest BCUT2D eigenvalue weighted by atomic mass is 79.9. The fourth-order valence-electron chi connectivity index (χ4n) is 1.88. The summed E-state index contributed by atoms with van der Waals surface area (Å²) < 4.78 is 6.21. The van der Waals surface area contributed by atoms with Gasteiger partial charge in [0.2, 0.25) is 0 Å². The zero-order valence-electron chi connectivity index (χ0n) is 11.7. The maximum atomic E-state index is 5.15. The summed E-state index contributed by atoms with van der Waals surface area (Å²) in [6.45, 7) is 0. The van der Waals surface area contributed by atoms with E-state index in [-0.39, 0.29) is 17.0 Å². The number of benzene rings is 2. The molecule has 0 saturated heterocycles. The zero-order valence-corrected chi connectivity index (χ0v) is 15.9. The lowest BCUT2D eigenvalue weighted by atomic mass is 10.2. The Balaban J connectivity index is 0.00000176. The smallest absolute Gasteiger partial charge is 0.187 e. The molecular weight excluding hydrogens is 428 g/mol. The first-order chi connectivity index (χ1) is 10.2. The van der Waals surface area contributed by atoms with Crippen molar-refractivity contribution in [2.75, 3.05) is 12.4 Å². The molecule has 0 amide bonds. The zero-order chi connectivity index (χ0) is 14.7. The van der Waals surface area contributed by atoms with Gasteiger partial charge >= 0.3 is 0 Å². The second-order valence-corrected chi connectivity index (χ2v) is 6.17. The number of hydrogen-bond acceptors (Lipinski definition) is 4. The van der Waals surface area contributed by atoms with Gasteiger partial charge in [0.25, 0.3) is 0 Å². The van der Waals surface area contributed by atoms with Gasteiger partial charge in [-0.3, -0.25) is 0 Å². The summed E-state index contributed by atoms with van der Waals surface area (Å²) in [5, 5.41) is 6.22. The molecule has 0 radical (unpaired) electrons. The number of ether oxygens (including phenoxy) is 1. The summed E-state index contributed by atoms with van der Waals surface area (Å²) in [5.74, 6) is 0.843. The van der Waals surface area contributed by atoms with Crippen LogP contribution in [0.1, 0.15) is 0 Å². The fourth-order valence-corrected chi connectivity index (χ4v) is 2.89. The molecule has 3 rings (SSSR count). The molecule has 22 heavy (non-hydrogen) atoms. The number of rotatable bonds is 4. The van der Waals surface area contributed by atoms with Gasteiger partial charge in [0.1, 0.15) is 5.75 Å². The molecule has 0 spiro atoms. The van der Waals surface area contributed by atoms with Gasteiger partial charge < -0.3 is 10.1 Å². The molecule has 0 unspecified atom stereocenters. The minimum Gasteiger partial charge on any atom is -0.497 e. The van der Waals surface area contributed by atoms with E-state index < -0.39 is 0 Å². The van der Waals surface area contributed by atoms with E-state index in [4.69, 9.17) is 4.74 Å². The van der Waals surface area contributed by atoms with Crippen molar-refractivity contribution in [1.29, 1.82) is 0 Å². The molecule has 2 aromatic carbocycles. The maximum absolute atomic E-state index is 5.15. The van der Waals surface area contributed by atoms with Crippen LogP contribution in [0.5, 0.6) is 5.75 Å². The van der Waals surface area contributed by atoms with E-state index in [9.17, 15) is 0 Å². The summed E-state index contributed by atoms with van der Waals surface area (Å²) in [6, 6.07) is 15.9. The Morgan fingerprint density at radius 2 is 1.73 bits per heavy atom. The van der Waals surface area contributed by atoms with Crippen LogP contribution >= 0.6 is 44.2 Å². The summed E-state index contributed by atoms with van der Waals surface area (Å²) in [7, 11) is 1.66. The minimum atomic E-state index is 0. The lowest BCUT2D eigenvalue weighted by Crippen LogP contribution is -1.90. The van der Waals surface area contributed by atoms with E-state index in [1.165, 1.54) is 0 Å². The van der Waals surface area contributed by atoms with Crippen LogP contribution < -0.4 is 10.1 Å². The molecule has 6 heteroatoms. The molecule has 0 aliphatic heterocycles. The summed E-state index contributed by atoms with van der Waals surface area (Å²) in [6.07, 6.45) is 0. The van der Waals surface area contributed by atoms with Crippen molar-refractivity contribution in [2.45, 2.75) is 0 Å². The van der Waals surface area contributed by atoms with Crippen LogP contribution in [0.4, 0.5) is 10.8 Å². The molecule has 1 N–H and O–H groups in total. The van der Waals surface area contributed by atoms with Crippen LogP contribution in [-0.2, 0) is 0 Å². The highest BCUT2D eigenvalue weighted by Gasteiger charge is 2.05. The lowest BCUT2D eigenvalue weighted by molar-refractivity contribution is 0.415. The molecule has 1 heterocycles. The number of hydrogen-bond donors (Lipinski definition) is 1. The van der Waals surface area contributed by atoms with Crippen molar-refractivity contribution in [3.05, 3.63) is 58.4 Å². The molecule has 114 valence electrons. The Labute approximate surface area is 152 Å². The number of aromatic nitrogens is 1. The number of thiazole rings is 1. The molecule has 0 fully saturated rings. The van der Waals surface area contributed by atoms with Gasteiger partial charge in [0, 0.05) is 21.1 Å². The summed E-state index contributed by atoms with van der Waals surface area (Å²) >= 11 is 5.03. The molecule has 0 bridgehead atoms. The van der Waals surface area contributed by atoms with E-state index in [1.54, 1.807) is 18.4 Å². The van der Waals surface area contributed by atoms with Gasteiger partial charge in [-0.05, 0) is 36.4 Å². The van der Waals surface area contributed by atoms with Crippen molar-refractivity contribution < 1.29 is 4.74 Å². The molecule has 1 aromatic heterocycles. The summed E-state index contributed by atoms with van der Waals surface area (Å²) in [4.78, 5) is 4.61. The first-order valence-electron chi connectivity index (χ1n) is 6.37. The Bertz CT molecular complexity index is 727. The van der Waals surface area contributed by atoms with Gasteiger partial charge in [0.15, 0.2) is 5.13 Å². The third-order valence-electron chi connectivity index (χ3n) is 2.99. The van der Waals surface area contributed by atoms with E-state index >= 15 is 0 Å². The SMILES string of the molecule is Br.COc1ccc(Nc2nc(-c3ccc(Br)cc3)cs2)cc1. The number of nitrogens with zero attached hydrogens (tertiary/aromatic N) is 1. The topological polar surface area (TPSA) is 34.1 Å². The first-order valence-corrected chi connectivity index (χ1v) is 8.04. The number of halogens is 2. The van der Waals surface area contributed by atoms with Crippen LogP contribution in [0, 0.1) is 0 Å². The number of nitrogens with one attached hydrogen (secondary N) is 1.